The maximum absolute atomic E-state index is 2.38. The molecule has 13 aromatic carbocycles. The van der Waals surface area contributed by atoms with Crippen LogP contribution in [0.2, 0.25) is 0 Å². The average Bonchev–Trinajstić information content (AvgIpc) is 2.86. The lowest BCUT2D eigenvalue weighted by molar-refractivity contribution is 1.30. The van der Waals surface area contributed by atoms with Gasteiger partial charge in [-0.05, 0) is 253 Å². The third-order valence-electron chi connectivity index (χ3n) is 16.4. The van der Waals surface area contributed by atoms with Crippen molar-refractivity contribution in [3.63, 3.8) is 0 Å². The van der Waals surface area contributed by atoms with E-state index in [-0.39, 0.29) is 7.43 Å². The summed E-state index contributed by atoms with van der Waals surface area (Å²) in [7, 11) is 0. The van der Waals surface area contributed by atoms with Crippen LogP contribution in [0.1, 0.15) is 96.4 Å². The molecule has 0 aliphatic rings. The summed E-state index contributed by atoms with van der Waals surface area (Å²) in [5.41, 5.74) is 26.9. The fraction of sp³-hybridized carbons (Fsp3) is 0.215. The molecule has 0 spiro atoms. The van der Waals surface area contributed by atoms with E-state index in [1.54, 1.807) is 0 Å². The Morgan fingerprint density at radius 1 is 0.177 bits per heavy atom. The molecule has 79 heavy (non-hydrogen) atoms. The Bertz CT molecular complexity index is 3840. The van der Waals surface area contributed by atoms with Crippen LogP contribution in [0.25, 0.3) is 86.9 Å². The summed E-state index contributed by atoms with van der Waals surface area (Å²) < 4.78 is 0. The standard InChI is InChI=1S/C42H30.4C9H12.CH4/c1-23-11-17-27(18-12-23)35-39-31-9-5-7-29-26(4)16-22-34(37(29)31)42(39)36(28-19-13-24(2)14-20-28)40-32-10-6-8-30-25(3)15-21-33(38(30)32)41(35)40;4*1-7-4-5-8(2)9(3)6-7;/h5-22H,1-4H3;4*4-6H,1-3H3;1H4. The van der Waals surface area contributed by atoms with E-state index < -0.39 is 0 Å². The van der Waals surface area contributed by atoms with Crippen LogP contribution in [0.15, 0.2) is 182 Å². The highest BCUT2D eigenvalue weighted by Gasteiger charge is 2.27. The third kappa shape index (κ3) is 11.7. The minimum Gasteiger partial charge on any atom is -0.0776 e. The van der Waals surface area contributed by atoms with Crippen molar-refractivity contribution in [1.82, 2.24) is 0 Å². The van der Waals surface area contributed by atoms with Crippen LogP contribution in [-0.4, -0.2) is 0 Å². The van der Waals surface area contributed by atoms with Crippen molar-refractivity contribution >= 4 is 64.6 Å². The molecule has 0 heterocycles. The van der Waals surface area contributed by atoms with Crippen molar-refractivity contribution in [1.29, 1.82) is 0 Å². The summed E-state index contributed by atoms with van der Waals surface area (Å²) in [6.45, 7) is 34.4. The van der Waals surface area contributed by atoms with E-state index in [1.807, 2.05) is 0 Å². The van der Waals surface area contributed by atoms with Gasteiger partial charge in [0.15, 0.2) is 0 Å². The van der Waals surface area contributed by atoms with Crippen molar-refractivity contribution < 1.29 is 0 Å². The Hall–Kier alpha value is -8.06. The molecule has 0 nitrogen and oxygen atoms in total. The van der Waals surface area contributed by atoms with Gasteiger partial charge in [-0.25, -0.2) is 0 Å². The monoisotopic (exact) mass is 1030 g/mol. The van der Waals surface area contributed by atoms with Gasteiger partial charge in [0.25, 0.3) is 0 Å². The van der Waals surface area contributed by atoms with Gasteiger partial charge in [-0.15, -0.1) is 0 Å². The van der Waals surface area contributed by atoms with E-state index in [1.165, 1.54) is 176 Å². The fourth-order valence-corrected chi connectivity index (χ4v) is 11.3. The first kappa shape index (κ1) is 57.1. The van der Waals surface area contributed by atoms with Gasteiger partial charge in [0.2, 0.25) is 0 Å². The molecule has 13 aromatic rings. The number of hydrogen-bond donors (Lipinski definition) is 0. The molecule has 0 heteroatoms. The number of rotatable bonds is 2. The first-order valence-electron chi connectivity index (χ1n) is 27.9. The number of benzene rings is 11. The van der Waals surface area contributed by atoms with Crippen molar-refractivity contribution in [2.45, 2.75) is 118 Å². The summed E-state index contributed by atoms with van der Waals surface area (Å²) in [5, 5.41) is 16.4. The second kappa shape index (κ2) is 23.9. The van der Waals surface area contributed by atoms with Gasteiger partial charge in [-0.2, -0.15) is 0 Å². The molecule has 0 saturated heterocycles. The van der Waals surface area contributed by atoms with E-state index in [4.69, 9.17) is 0 Å². The smallest absolute Gasteiger partial charge is 0.000718 e. The first-order valence-corrected chi connectivity index (χ1v) is 27.9. The fourth-order valence-electron chi connectivity index (χ4n) is 11.3. The lowest BCUT2D eigenvalue weighted by atomic mass is 9.87. The van der Waals surface area contributed by atoms with Gasteiger partial charge in [-0.3, -0.25) is 0 Å². The summed E-state index contributed by atoms with van der Waals surface area (Å²) in [5.74, 6) is 0. The highest BCUT2D eigenvalue weighted by Crippen LogP contribution is 2.56. The molecule has 0 N–H and O–H groups in total. The van der Waals surface area contributed by atoms with Crippen LogP contribution in [-0.2, 0) is 0 Å². The molecule has 0 radical (unpaired) electrons. The van der Waals surface area contributed by atoms with E-state index >= 15 is 0 Å². The van der Waals surface area contributed by atoms with Gasteiger partial charge in [0.05, 0.1) is 0 Å². The Morgan fingerprint density at radius 3 is 0.658 bits per heavy atom. The molecule has 13 rings (SSSR count). The second-order valence-electron chi connectivity index (χ2n) is 22.6. The Labute approximate surface area is 473 Å². The van der Waals surface area contributed by atoms with Gasteiger partial charge in [-0.1, -0.05) is 223 Å². The minimum atomic E-state index is 0. The van der Waals surface area contributed by atoms with Crippen molar-refractivity contribution in [3.05, 3.63) is 271 Å². The van der Waals surface area contributed by atoms with Crippen LogP contribution in [0.3, 0.4) is 0 Å². The van der Waals surface area contributed by atoms with Gasteiger partial charge >= 0.3 is 0 Å². The SMILES string of the molecule is C.Cc1ccc(-c2c3c4cccc5c(C)ccc(c3c(-c3ccc(C)cc3)c3c6cccc7c(C)ccc(c23)c76)c54)cc1.Cc1ccc(C)c(C)c1.Cc1ccc(C)c(C)c1.Cc1ccc(C)c(C)c1.Cc1ccc(C)c(C)c1. The largest absolute Gasteiger partial charge is 0.0776 e. The average molecular weight is 1030 g/mol. The van der Waals surface area contributed by atoms with Gasteiger partial charge < -0.3 is 0 Å². The maximum atomic E-state index is 2.38. The van der Waals surface area contributed by atoms with Gasteiger partial charge in [0, 0.05) is 0 Å². The number of hydrogen-bond acceptors (Lipinski definition) is 0. The van der Waals surface area contributed by atoms with E-state index in [0.717, 1.165) is 0 Å². The van der Waals surface area contributed by atoms with Crippen LogP contribution >= 0.6 is 0 Å². The molecular weight excluding hydrogens is 949 g/mol. The van der Waals surface area contributed by atoms with E-state index in [0.29, 0.717) is 0 Å². The highest BCUT2D eigenvalue weighted by atomic mass is 14.3. The lowest BCUT2D eigenvalue weighted by Crippen LogP contribution is -1.88. The Morgan fingerprint density at radius 2 is 0.405 bits per heavy atom. The quantitative estimate of drug-likeness (QED) is 0.162. The molecule has 398 valence electrons. The zero-order chi connectivity index (χ0) is 55.7. The van der Waals surface area contributed by atoms with E-state index in [9.17, 15) is 0 Å². The number of fused-ring (bicyclic) bond motifs is 6. The summed E-state index contributed by atoms with van der Waals surface area (Å²) in [6.07, 6.45) is 0. The third-order valence-corrected chi connectivity index (χ3v) is 16.4. The van der Waals surface area contributed by atoms with Crippen LogP contribution < -0.4 is 0 Å². The normalized spacial score (nSPS) is 10.9. The van der Waals surface area contributed by atoms with Gasteiger partial charge in [0.1, 0.15) is 0 Å². The molecule has 0 atom stereocenters. The molecule has 0 amide bonds. The lowest BCUT2D eigenvalue weighted by Gasteiger charge is -2.16. The summed E-state index contributed by atoms with van der Waals surface area (Å²) >= 11 is 0. The maximum Gasteiger partial charge on any atom is -0.000718 e. The zero-order valence-corrected chi connectivity index (χ0v) is 49.3. The van der Waals surface area contributed by atoms with Crippen LogP contribution in [0, 0.1) is 111 Å². The molecule has 0 saturated carbocycles. The zero-order valence-electron chi connectivity index (χ0n) is 49.3. The minimum absolute atomic E-state index is 0. The van der Waals surface area contributed by atoms with Crippen molar-refractivity contribution in [2.24, 2.45) is 0 Å². The molecular formula is C79H82. The number of aryl methyl sites for hydroxylation is 16. The van der Waals surface area contributed by atoms with Crippen molar-refractivity contribution in [3.8, 4) is 22.3 Å². The predicted molar refractivity (Wildman–Crippen MR) is 353 cm³/mol. The molecule has 0 aliphatic carbocycles. The summed E-state index contributed by atoms with van der Waals surface area (Å²) in [4.78, 5) is 0. The molecule has 0 unspecified atom stereocenters. The Balaban J connectivity index is 0.000000178. The Kier molecular flexibility index (Phi) is 17.3. The highest BCUT2D eigenvalue weighted by molar-refractivity contribution is 6.46. The van der Waals surface area contributed by atoms with Crippen LogP contribution in [0.4, 0.5) is 0 Å². The summed E-state index contributed by atoms with van der Waals surface area (Å²) in [6, 6.07) is 67.6. The first-order chi connectivity index (χ1) is 37.3. The predicted octanol–water partition coefficient (Wildman–Crippen LogP) is 23.1. The van der Waals surface area contributed by atoms with E-state index in [2.05, 4.69) is 293 Å². The topological polar surface area (TPSA) is 0 Å². The molecule has 0 fully saturated rings. The molecule has 0 aromatic heterocycles. The van der Waals surface area contributed by atoms with Crippen LogP contribution in [0.5, 0.6) is 0 Å². The van der Waals surface area contributed by atoms with Crippen molar-refractivity contribution in [2.75, 3.05) is 0 Å². The molecule has 0 aliphatic heterocycles. The molecule has 0 bridgehead atoms. The second-order valence-corrected chi connectivity index (χ2v) is 22.6.